The van der Waals surface area contributed by atoms with Gasteiger partial charge in [-0.2, -0.15) is 0 Å². The molecule has 0 unspecified atom stereocenters. The lowest BCUT2D eigenvalue weighted by Crippen LogP contribution is -2.41. The molecular formula is C17H15N3O6S. The van der Waals surface area contributed by atoms with E-state index in [9.17, 15) is 24.5 Å². The zero-order valence-electron chi connectivity index (χ0n) is 14.2. The second-order valence-electron chi connectivity index (χ2n) is 5.85. The van der Waals surface area contributed by atoms with Gasteiger partial charge in [-0.3, -0.25) is 19.7 Å². The molecule has 1 aromatic heterocycles. The summed E-state index contributed by atoms with van der Waals surface area (Å²) in [4.78, 5) is 48.2. The highest BCUT2D eigenvalue weighted by molar-refractivity contribution is 7.17. The van der Waals surface area contributed by atoms with E-state index in [0.29, 0.717) is 22.7 Å². The van der Waals surface area contributed by atoms with E-state index in [4.69, 9.17) is 4.74 Å². The first-order valence-electron chi connectivity index (χ1n) is 7.99. The van der Waals surface area contributed by atoms with Crippen molar-refractivity contribution >= 4 is 45.5 Å². The van der Waals surface area contributed by atoms with E-state index in [0.717, 1.165) is 0 Å². The molecule has 2 amide bonds. The Morgan fingerprint density at radius 3 is 2.78 bits per heavy atom. The summed E-state index contributed by atoms with van der Waals surface area (Å²) in [5, 5.41) is 13.2. The lowest BCUT2D eigenvalue weighted by atomic mass is 10.1. The number of fused-ring (bicyclic) bond motifs is 1. The van der Waals surface area contributed by atoms with Crippen LogP contribution in [-0.2, 0) is 14.3 Å². The molecule has 1 atom stereocenters. The molecule has 0 fully saturated rings. The van der Waals surface area contributed by atoms with Crippen LogP contribution < -0.4 is 10.2 Å². The number of hydrogen-bond donors (Lipinski definition) is 1. The lowest BCUT2D eigenvalue weighted by molar-refractivity contribution is -0.380. The SMILES string of the molecule is C[C@H]1CC(=O)Nc2ccccc2N1C(=O)COC(=O)c1ccc([N+](=O)[O-])s1. The number of amides is 2. The number of esters is 1. The van der Waals surface area contributed by atoms with E-state index in [2.05, 4.69) is 5.32 Å². The largest absolute Gasteiger partial charge is 0.451 e. The van der Waals surface area contributed by atoms with Gasteiger partial charge in [0, 0.05) is 18.5 Å². The highest BCUT2D eigenvalue weighted by Gasteiger charge is 2.30. The normalized spacial score (nSPS) is 16.1. The zero-order chi connectivity index (χ0) is 19.6. The van der Waals surface area contributed by atoms with Crippen LogP contribution in [0.2, 0.25) is 0 Å². The van der Waals surface area contributed by atoms with E-state index in [1.165, 1.54) is 17.0 Å². The molecule has 140 valence electrons. The van der Waals surface area contributed by atoms with Crippen molar-refractivity contribution in [2.75, 3.05) is 16.8 Å². The number of anilines is 2. The third kappa shape index (κ3) is 3.95. The van der Waals surface area contributed by atoms with Crippen LogP contribution in [0.25, 0.3) is 0 Å². The Morgan fingerprint density at radius 1 is 1.33 bits per heavy atom. The van der Waals surface area contributed by atoms with E-state index in [1.807, 2.05) is 0 Å². The van der Waals surface area contributed by atoms with Crippen LogP contribution in [-0.4, -0.2) is 35.4 Å². The zero-order valence-corrected chi connectivity index (χ0v) is 15.0. The smallest absolute Gasteiger partial charge is 0.349 e. The van der Waals surface area contributed by atoms with Gasteiger partial charge in [-0.1, -0.05) is 23.5 Å². The number of hydrogen-bond acceptors (Lipinski definition) is 7. The highest BCUT2D eigenvalue weighted by Crippen LogP contribution is 2.31. The van der Waals surface area contributed by atoms with Crippen molar-refractivity contribution in [3.05, 3.63) is 51.4 Å². The molecule has 0 spiro atoms. The molecule has 1 aliphatic rings. The van der Waals surface area contributed by atoms with Crippen molar-refractivity contribution < 1.29 is 24.0 Å². The maximum Gasteiger partial charge on any atom is 0.349 e. The first-order chi connectivity index (χ1) is 12.9. The van der Waals surface area contributed by atoms with Crippen LogP contribution >= 0.6 is 11.3 Å². The molecule has 1 N–H and O–H groups in total. The number of thiophene rings is 1. The second-order valence-corrected chi connectivity index (χ2v) is 6.92. The van der Waals surface area contributed by atoms with Crippen molar-refractivity contribution in [3.63, 3.8) is 0 Å². The number of nitro groups is 1. The fourth-order valence-corrected chi connectivity index (χ4v) is 3.49. The van der Waals surface area contributed by atoms with Gasteiger partial charge in [0.25, 0.3) is 5.91 Å². The summed E-state index contributed by atoms with van der Waals surface area (Å²) in [6.07, 6.45) is 0.103. The maximum atomic E-state index is 12.7. The number of nitrogens with one attached hydrogen (secondary N) is 1. The fraction of sp³-hybridized carbons (Fsp3) is 0.235. The van der Waals surface area contributed by atoms with E-state index in [1.54, 1.807) is 31.2 Å². The third-order valence-electron chi connectivity index (χ3n) is 3.93. The van der Waals surface area contributed by atoms with E-state index >= 15 is 0 Å². The number of carbonyl (C=O) groups excluding carboxylic acids is 3. The second kappa shape index (κ2) is 7.54. The Labute approximate surface area is 157 Å². The molecular weight excluding hydrogens is 374 g/mol. The van der Waals surface area contributed by atoms with Gasteiger partial charge in [0.1, 0.15) is 4.88 Å². The van der Waals surface area contributed by atoms with Crippen molar-refractivity contribution in [3.8, 4) is 0 Å². The molecule has 3 rings (SSSR count). The Balaban J connectivity index is 1.74. The Hall–Kier alpha value is -3.27. The highest BCUT2D eigenvalue weighted by atomic mass is 32.1. The number of rotatable bonds is 4. The summed E-state index contributed by atoms with van der Waals surface area (Å²) in [6.45, 7) is 1.18. The summed E-state index contributed by atoms with van der Waals surface area (Å²) < 4.78 is 5.02. The number of benzene rings is 1. The predicted octanol–water partition coefficient (Wildman–Crippen LogP) is 2.58. The van der Waals surface area contributed by atoms with Gasteiger partial charge >= 0.3 is 11.0 Å². The van der Waals surface area contributed by atoms with Crippen molar-refractivity contribution in [2.24, 2.45) is 0 Å². The predicted molar refractivity (Wildman–Crippen MR) is 97.9 cm³/mol. The average Bonchev–Trinajstić information content (AvgIpc) is 3.07. The van der Waals surface area contributed by atoms with Crippen molar-refractivity contribution in [2.45, 2.75) is 19.4 Å². The van der Waals surface area contributed by atoms with Gasteiger partial charge in [-0.05, 0) is 25.1 Å². The Kier molecular flexibility index (Phi) is 5.17. The quantitative estimate of drug-likeness (QED) is 0.488. The fourth-order valence-electron chi connectivity index (χ4n) is 2.77. The molecule has 9 nitrogen and oxygen atoms in total. The van der Waals surface area contributed by atoms with Crippen molar-refractivity contribution in [1.82, 2.24) is 0 Å². The molecule has 27 heavy (non-hydrogen) atoms. The Bertz CT molecular complexity index is 925. The summed E-state index contributed by atoms with van der Waals surface area (Å²) in [7, 11) is 0. The number of carbonyl (C=O) groups is 3. The molecule has 0 aliphatic carbocycles. The molecule has 10 heteroatoms. The molecule has 2 aromatic rings. The van der Waals surface area contributed by atoms with Crippen LogP contribution in [0, 0.1) is 10.1 Å². The van der Waals surface area contributed by atoms with Crippen LogP contribution in [0.15, 0.2) is 36.4 Å². The molecule has 0 saturated carbocycles. The molecule has 0 radical (unpaired) electrons. The van der Waals surface area contributed by atoms with Gasteiger partial charge in [0.05, 0.1) is 16.3 Å². The Morgan fingerprint density at radius 2 is 2.07 bits per heavy atom. The molecule has 0 saturated heterocycles. The summed E-state index contributed by atoms with van der Waals surface area (Å²) in [5.74, 6) is -1.52. The van der Waals surface area contributed by atoms with Gasteiger partial charge in [-0.25, -0.2) is 4.79 Å². The average molecular weight is 389 g/mol. The summed E-state index contributed by atoms with van der Waals surface area (Å²) in [6, 6.07) is 8.90. The minimum Gasteiger partial charge on any atom is -0.451 e. The summed E-state index contributed by atoms with van der Waals surface area (Å²) in [5.41, 5.74) is 1.02. The van der Waals surface area contributed by atoms with Gasteiger partial charge in [0.2, 0.25) is 5.91 Å². The van der Waals surface area contributed by atoms with Crippen LogP contribution in [0.5, 0.6) is 0 Å². The molecule has 1 aromatic carbocycles. The van der Waals surface area contributed by atoms with Gasteiger partial charge < -0.3 is 15.0 Å². The van der Waals surface area contributed by atoms with Crippen molar-refractivity contribution in [1.29, 1.82) is 0 Å². The van der Waals surface area contributed by atoms with Crippen LogP contribution in [0.4, 0.5) is 16.4 Å². The standard InChI is InChI=1S/C17H15N3O6S/c1-10-8-14(21)18-11-4-2-3-5-12(11)19(10)15(22)9-26-17(23)13-6-7-16(27-13)20(24)25/h2-7,10H,8-9H2,1H3,(H,18,21)/t10-/m0/s1. The lowest BCUT2D eigenvalue weighted by Gasteiger charge is -2.27. The number of nitrogens with zero attached hydrogens (tertiary/aromatic N) is 2. The number of para-hydroxylation sites is 2. The third-order valence-corrected chi connectivity index (χ3v) is 4.94. The van der Waals surface area contributed by atoms with Crippen LogP contribution in [0.1, 0.15) is 23.0 Å². The topological polar surface area (TPSA) is 119 Å². The monoisotopic (exact) mass is 389 g/mol. The van der Waals surface area contributed by atoms with Gasteiger partial charge in [-0.15, -0.1) is 0 Å². The van der Waals surface area contributed by atoms with Gasteiger partial charge in [0.15, 0.2) is 6.61 Å². The first-order valence-corrected chi connectivity index (χ1v) is 8.80. The maximum absolute atomic E-state index is 12.7. The molecule has 1 aliphatic heterocycles. The minimum absolute atomic E-state index is 0.0376. The van der Waals surface area contributed by atoms with E-state index in [-0.39, 0.29) is 22.2 Å². The number of ether oxygens (including phenoxy) is 1. The first kappa shape index (κ1) is 18.5. The summed E-state index contributed by atoms with van der Waals surface area (Å²) >= 11 is 0.676. The van der Waals surface area contributed by atoms with Crippen LogP contribution in [0.3, 0.4) is 0 Å². The minimum atomic E-state index is -0.814. The van der Waals surface area contributed by atoms with E-state index < -0.39 is 29.4 Å². The molecule has 2 heterocycles. The molecule has 0 bridgehead atoms.